The summed E-state index contributed by atoms with van der Waals surface area (Å²) in [7, 11) is 0. The Morgan fingerprint density at radius 2 is 0.875 bits per heavy atom. The molecule has 1 spiro atoms. The molecule has 0 unspecified atom stereocenters. The zero-order valence-corrected chi connectivity index (χ0v) is 34.7. The van der Waals surface area contributed by atoms with Crippen LogP contribution >= 0.6 is 0 Å². The summed E-state index contributed by atoms with van der Waals surface area (Å²) in [6, 6.07) is 77.8. The molecule has 11 aromatic rings. The number of fused-ring (bicyclic) bond motifs is 11. The molecule has 0 N–H and O–H groups in total. The van der Waals surface area contributed by atoms with Gasteiger partial charge in [0, 0.05) is 33.2 Å². The number of rotatable bonds is 5. The highest BCUT2D eigenvalue weighted by Gasteiger charge is 2.49. The first kappa shape index (κ1) is 36.3. The molecule has 2 aliphatic rings. The molecule has 0 amide bonds. The predicted octanol–water partition coefficient (Wildman–Crippen LogP) is 14.5. The van der Waals surface area contributed by atoms with E-state index in [0.717, 1.165) is 73.2 Å². The Morgan fingerprint density at radius 1 is 0.359 bits per heavy atom. The first-order chi connectivity index (χ1) is 31.7. The molecule has 0 atom stereocenters. The summed E-state index contributed by atoms with van der Waals surface area (Å²) in [5.74, 6) is 1.81. The Bertz CT molecular complexity index is 3520. The third-order valence-electron chi connectivity index (χ3n) is 13.2. The van der Waals surface area contributed by atoms with Crippen LogP contribution in [0.4, 0.5) is 17.1 Å². The lowest BCUT2D eigenvalue weighted by atomic mass is 9.58. The second kappa shape index (κ2) is 14.3. The zero-order valence-electron chi connectivity index (χ0n) is 34.7. The summed E-state index contributed by atoms with van der Waals surface area (Å²) < 4.78 is 6.67. The second-order valence-electron chi connectivity index (χ2n) is 16.7. The highest BCUT2D eigenvalue weighted by molar-refractivity contribution is 6.08. The predicted molar refractivity (Wildman–Crippen MR) is 258 cm³/mol. The van der Waals surface area contributed by atoms with Gasteiger partial charge in [0.2, 0.25) is 0 Å². The van der Waals surface area contributed by atoms with Gasteiger partial charge in [-0.15, -0.1) is 0 Å². The number of benzene rings is 9. The first-order valence-electron chi connectivity index (χ1n) is 21.8. The van der Waals surface area contributed by atoms with E-state index in [2.05, 4.69) is 187 Å². The van der Waals surface area contributed by atoms with Crippen LogP contribution in [0.5, 0.6) is 0 Å². The maximum Gasteiger partial charge on any atom is 0.164 e. The summed E-state index contributed by atoms with van der Waals surface area (Å²) in [6.07, 6.45) is 0.916. The maximum atomic E-state index is 6.67. The number of furan rings is 1. The summed E-state index contributed by atoms with van der Waals surface area (Å²) in [4.78, 5) is 17.6. The highest BCUT2D eigenvalue weighted by Crippen LogP contribution is 2.60. The molecular formula is C59H38N4O. The average Bonchev–Trinajstić information content (AvgIpc) is 3.74. The molecule has 2 aromatic heterocycles. The van der Waals surface area contributed by atoms with Crippen LogP contribution in [0.1, 0.15) is 33.4 Å². The molecule has 5 heteroatoms. The molecule has 9 aromatic carbocycles. The van der Waals surface area contributed by atoms with Crippen LogP contribution in [0.2, 0.25) is 0 Å². The quantitative estimate of drug-likeness (QED) is 0.173. The van der Waals surface area contributed by atoms with Crippen LogP contribution < -0.4 is 4.90 Å². The van der Waals surface area contributed by atoms with Gasteiger partial charge in [-0.05, 0) is 99.5 Å². The van der Waals surface area contributed by atoms with Crippen LogP contribution in [-0.4, -0.2) is 15.0 Å². The lowest BCUT2D eigenvalue weighted by molar-refractivity contribution is 0.669. The van der Waals surface area contributed by atoms with E-state index < -0.39 is 5.41 Å². The minimum absolute atomic E-state index is 0.474. The minimum Gasteiger partial charge on any atom is -0.456 e. The molecule has 64 heavy (non-hydrogen) atoms. The van der Waals surface area contributed by atoms with Crippen molar-refractivity contribution >= 4 is 39.0 Å². The number of hydrogen-bond acceptors (Lipinski definition) is 5. The number of nitrogens with zero attached hydrogens (tertiary/aromatic N) is 4. The van der Waals surface area contributed by atoms with Gasteiger partial charge in [-0.1, -0.05) is 170 Å². The van der Waals surface area contributed by atoms with Crippen molar-refractivity contribution in [3.63, 3.8) is 0 Å². The largest absolute Gasteiger partial charge is 0.456 e. The van der Waals surface area contributed by atoms with Crippen molar-refractivity contribution in [2.24, 2.45) is 0 Å². The molecular weight excluding hydrogens is 781 g/mol. The normalized spacial score (nSPS) is 13.3. The van der Waals surface area contributed by atoms with E-state index in [-0.39, 0.29) is 0 Å². The van der Waals surface area contributed by atoms with Gasteiger partial charge in [0.25, 0.3) is 0 Å². The molecule has 1 aliphatic heterocycles. The number of para-hydroxylation sites is 2. The fourth-order valence-corrected chi connectivity index (χ4v) is 10.4. The summed E-state index contributed by atoms with van der Waals surface area (Å²) >= 11 is 0. The van der Waals surface area contributed by atoms with Gasteiger partial charge >= 0.3 is 0 Å². The number of aromatic nitrogens is 3. The Kier molecular flexibility index (Phi) is 8.12. The lowest BCUT2D eigenvalue weighted by Gasteiger charge is -2.49. The molecule has 5 nitrogen and oxygen atoms in total. The Balaban J connectivity index is 0.944. The van der Waals surface area contributed by atoms with Gasteiger partial charge in [0.05, 0.1) is 16.8 Å². The van der Waals surface area contributed by atoms with Crippen molar-refractivity contribution in [1.29, 1.82) is 0 Å². The Hall–Kier alpha value is -8.41. The molecule has 0 bridgehead atoms. The standard InChI is InChI=1S/C59H38N4O/c1-3-16-38(17-4-1)40-22-15-23-43(34-40)57-60-56(39-18-5-2-6-19-39)61-58(62-57)44-30-32-46-47-37-45(31-33-54(47)64-55(46)36-44)63-52-28-13-11-26-50(52)59(51-27-12-14-29-53(51)63)48-24-9-7-20-41(48)35-42-21-8-10-25-49(42)59/h1-34,36-37H,35H2. The molecule has 13 rings (SSSR count). The lowest BCUT2D eigenvalue weighted by Crippen LogP contribution is -2.41. The molecule has 3 heterocycles. The van der Waals surface area contributed by atoms with E-state index in [1.165, 1.54) is 33.4 Å². The van der Waals surface area contributed by atoms with Gasteiger partial charge in [-0.25, -0.2) is 15.0 Å². The smallest absolute Gasteiger partial charge is 0.164 e. The first-order valence-corrected chi connectivity index (χ1v) is 21.8. The third-order valence-corrected chi connectivity index (χ3v) is 13.2. The number of hydrogen-bond donors (Lipinski definition) is 0. The van der Waals surface area contributed by atoms with Gasteiger partial charge in [-0.2, -0.15) is 0 Å². The molecule has 1 aliphatic carbocycles. The topological polar surface area (TPSA) is 55.1 Å². The Morgan fingerprint density at radius 3 is 1.53 bits per heavy atom. The summed E-state index contributed by atoms with van der Waals surface area (Å²) in [5.41, 5.74) is 17.4. The van der Waals surface area contributed by atoms with Crippen molar-refractivity contribution in [3.8, 4) is 45.3 Å². The van der Waals surface area contributed by atoms with Crippen molar-refractivity contribution in [1.82, 2.24) is 15.0 Å². The van der Waals surface area contributed by atoms with Gasteiger partial charge in [-0.3, -0.25) is 0 Å². The monoisotopic (exact) mass is 818 g/mol. The highest BCUT2D eigenvalue weighted by atomic mass is 16.3. The molecule has 0 saturated carbocycles. The average molecular weight is 819 g/mol. The fraction of sp³-hybridized carbons (Fsp3) is 0.0339. The zero-order chi connectivity index (χ0) is 42.2. The molecule has 0 fully saturated rings. The van der Waals surface area contributed by atoms with E-state index in [1.807, 2.05) is 36.4 Å². The fourth-order valence-electron chi connectivity index (χ4n) is 10.4. The molecule has 0 saturated heterocycles. The van der Waals surface area contributed by atoms with Crippen molar-refractivity contribution in [2.75, 3.05) is 4.90 Å². The Labute approximate surface area is 370 Å². The van der Waals surface area contributed by atoms with Gasteiger partial charge in [0.15, 0.2) is 17.5 Å². The second-order valence-corrected chi connectivity index (χ2v) is 16.7. The van der Waals surface area contributed by atoms with Crippen molar-refractivity contribution in [2.45, 2.75) is 11.8 Å². The van der Waals surface area contributed by atoms with Crippen LogP contribution in [0, 0.1) is 0 Å². The number of anilines is 3. The van der Waals surface area contributed by atoms with Crippen LogP contribution in [-0.2, 0) is 11.8 Å². The van der Waals surface area contributed by atoms with E-state index in [1.54, 1.807) is 0 Å². The van der Waals surface area contributed by atoms with Crippen LogP contribution in [0.25, 0.3) is 67.2 Å². The van der Waals surface area contributed by atoms with Crippen LogP contribution in [0.15, 0.2) is 223 Å². The van der Waals surface area contributed by atoms with Crippen molar-refractivity contribution in [3.05, 3.63) is 252 Å². The van der Waals surface area contributed by atoms with E-state index in [9.17, 15) is 0 Å². The van der Waals surface area contributed by atoms with Crippen molar-refractivity contribution < 1.29 is 4.42 Å². The molecule has 0 radical (unpaired) electrons. The minimum atomic E-state index is -0.474. The van der Waals surface area contributed by atoms with E-state index >= 15 is 0 Å². The van der Waals surface area contributed by atoms with Gasteiger partial charge < -0.3 is 9.32 Å². The SMILES string of the molecule is c1ccc(-c2cccc(-c3nc(-c4ccccc4)nc(-c4ccc5c(c4)oc4ccc(N6c7ccccc7C7(c8ccccc8Cc8ccccc87)c7ccccc76)cc45)n3)c2)cc1. The van der Waals surface area contributed by atoms with E-state index in [0.29, 0.717) is 17.5 Å². The summed E-state index contributed by atoms with van der Waals surface area (Å²) in [6.45, 7) is 0. The molecule has 300 valence electrons. The maximum absolute atomic E-state index is 6.67. The third kappa shape index (κ3) is 5.54. The summed E-state index contributed by atoms with van der Waals surface area (Å²) in [5, 5.41) is 2.07. The van der Waals surface area contributed by atoms with E-state index in [4.69, 9.17) is 19.4 Å². The van der Waals surface area contributed by atoms with Crippen LogP contribution in [0.3, 0.4) is 0 Å². The van der Waals surface area contributed by atoms with Gasteiger partial charge in [0.1, 0.15) is 11.2 Å².